The molecule has 0 aliphatic carbocycles. The lowest BCUT2D eigenvalue weighted by Crippen LogP contribution is -2.38. The Morgan fingerprint density at radius 2 is 2.04 bits per heavy atom. The molecule has 1 fully saturated rings. The molecule has 0 atom stereocenters. The Kier molecular flexibility index (Phi) is 8.82. The third kappa shape index (κ3) is 8.04. The van der Waals surface area contributed by atoms with E-state index < -0.39 is 11.9 Å². The number of unbranched alkanes of at least 4 members (excludes halogenated alkanes) is 1. The van der Waals surface area contributed by atoms with Gasteiger partial charge < -0.3 is 15.5 Å². The molecule has 0 bridgehead atoms. The molecule has 1 aromatic rings. The van der Waals surface area contributed by atoms with Crippen molar-refractivity contribution < 1.29 is 13.2 Å². The van der Waals surface area contributed by atoms with Gasteiger partial charge in [0, 0.05) is 18.5 Å². The van der Waals surface area contributed by atoms with Gasteiger partial charge in [-0.15, -0.1) is 11.3 Å². The molecule has 5 nitrogen and oxygen atoms in total. The summed E-state index contributed by atoms with van der Waals surface area (Å²) in [5, 5.41) is 7.76. The maximum absolute atomic E-state index is 12.6. The zero-order chi connectivity index (χ0) is 19.7. The van der Waals surface area contributed by atoms with Gasteiger partial charge in [0.2, 0.25) is 0 Å². The van der Waals surface area contributed by atoms with E-state index in [-0.39, 0.29) is 6.54 Å². The Bertz CT molecular complexity index is 580. The zero-order valence-electron chi connectivity index (χ0n) is 16.1. The van der Waals surface area contributed by atoms with Gasteiger partial charge in [-0.2, -0.15) is 13.2 Å². The van der Waals surface area contributed by atoms with Gasteiger partial charge in [-0.05, 0) is 58.2 Å². The monoisotopic (exact) mass is 405 g/mol. The number of guanidine groups is 1. The van der Waals surface area contributed by atoms with Crippen molar-refractivity contribution in [2.75, 3.05) is 32.7 Å². The molecule has 1 aliphatic rings. The van der Waals surface area contributed by atoms with Crippen LogP contribution >= 0.6 is 11.3 Å². The molecule has 2 heterocycles. The van der Waals surface area contributed by atoms with Crippen molar-refractivity contribution >= 4 is 17.3 Å². The lowest BCUT2D eigenvalue weighted by atomic mass is 9.99. The summed E-state index contributed by atoms with van der Waals surface area (Å²) in [5.41, 5.74) is -0.845. The van der Waals surface area contributed by atoms with Gasteiger partial charge in [0.25, 0.3) is 0 Å². The van der Waals surface area contributed by atoms with Gasteiger partial charge in [0.1, 0.15) is 5.01 Å². The van der Waals surface area contributed by atoms with Crippen LogP contribution in [0, 0.1) is 5.92 Å². The van der Waals surface area contributed by atoms with E-state index in [4.69, 9.17) is 0 Å². The third-order valence-corrected chi connectivity index (χ3v) is 5.46. The first-order valence-electron chi connectivity index (χ1n) is 9.64. The molecular weight excluding hydrogens is 375 g/mol. The Balaban J connectivity index is 1.69. The summed E-state index contributed by atoms with van der Waals surface area (Å²) in [6.45, 7) is 9.44. The lowest BCUT2D eigenvalue weighted by molar-refractivity contribution is -0.140. The zero-order valence-corrected chi connectivity index (χ0v) is 16.9. The molecule has 1 aromatic heterocycles. The first-order valence-corrected chi connectivity index (χ1v) is 10.5. The van der Waals surface area contributed by atoms with Gasteiger partial charge in [-0.25, -0.2) is 9.98 Å². The second kappa shape index (κ2) is 10.8. The van der Waals surface area contributed by atoms with Gasteiger partial charge >= 0.3 is 6.18 Å². The number of nitrogens with one attached hydrogen (secondary N) is 2. The number of thiazole rings is 1. The largest absolute Gasteiger partial charge is 0.434 e. The second-order valence-corrected chi connectivity index (χ2v) is 7.92. The highest BCUT2D eigenvalue weighted by Crippen LogP contribution is 2.30. The van der Waals surface area contributed by atoms with Crippen LogP contribution in [0.25, 0.3) is 0 Å². The summed E-state index contributed by atoms with van der Waals surface area (Å²) in [6.07, 6.45) is 0.354. The number of likely N-dealkylation sites (tertiary alicyclic amines) is 1. The van der Waals surface area contributed by atoms with Crippen molar-refractivity contribution in [2.24, 2.45) is 10.9 Å². The normalized spacial score (nSPS) is 17.3. The van der Waals surface area contributed by atoms with Crippen LogP contribution in [0.3, 0.4) is 0 Å². The van der Waals surface area contributed by atoms with Crippen LogP contribution in [0.2, 0.25) is 0 Å². The summed E-state index contributed by atoms with van der Waals surface area (Å²) in [7, 11) is 0. The van der Waals surface area contributed by atoms with E-state index in [2.05, 4.69) is 32.4 Å². The standard InChI is InChI=1S/C18H30F3N5S/c1-3-22-17(24-12-16-25-15(13-27-16)18(19,20)21)23-8-4-5-9-26-10-6-14(2)7-11-26/h13-14H,3-12H2,1-2H3,(H2,22,23,24). The SMILES string of the molecule is CCNC(=NCc1nc(C(F)(F)F)cs1)NCCCCN1CCC(C)CC1. The molecule has 0 amide bonds. The third-order valence-electron chi connectivity index (χ3n) is 4.63. The van der Waals surface area contributed by atoms with Crippen molar-refractivity contribution in [1.82, 2.24) is 20.5 Å². The van der Waals surface area contributed by atoms with Crippen molar-refractivity contribution in [3.05, 3.63) is 16.1 Å². The molecule has 0 saturated carbocycles. The van der Waals surface area contributed by atoms with Crippen molar-refractivity contribution in [3.63, 3.8) is 0 Å². The smallest absolute Gasteiger partial charge is 0.357 e. The molecule has 2 rings (SSSR count). The molecule has 2 N–H and O–H groups in total. The van der Waals surface area contributed by atoms with E-state index in [1.54, 1.807) is 0 Å². The van der Waals surface area contributed by atoms with Crippen LogP contribution in [0.1, 0.15) is 50.2 Å². The first-order chi connectivity index (χ1) is 12.9. The average molecular weight is 406 g/mol. The number of halogens is 3. The molecule has 9 heteroatoms. The summed E-state index contributed by atoms with van der Waals surface area (Å²) in [4.78, 5) is 10.5. The minimum absolute atomic E-state index is 0.141. The minimum atomic E-state index is -4.40. The molecule has 0 spiro atoms. The van der Waals surface area contributed by atoms with Crippen LogP contribution in [-0.4, -0.2) is 48.6 Å². The number of aliphatic imine (C=N–C) groups is 1. The number of nitrogens with zero attached hydrogens (tertiary/aromatic N) is 3. The van der Waals surface area contributed by atoms with E-state index in [1.165, 1.54) is 25.9 Å². The van der Waals surface area contributed by atoms with E-state index in [9.17, 15) is 13.2 Å². The number of hydrogen-bond donors (Lipinski definition) is 2. The fraction of sp³-hybridized carbons (Fsp3) is 0.778. The maximum atomic E-state index is 12.6. The maximum Gasteiger partial charge on any atom is 0.434 e. The van der Waals surface area contributed by atoms with E-state index in [0.29, 0.717) is 17.5 Å². The number of alkyl halides is 3. The first kappa shape index (κ1) is 21.9. The lowest BCUT2D eigenvalue weighted by Gasteiger charge is -2.30. The van der Waals surface area contributed by atoms with E-state index in [0.717, 1.165) is 48.6 Å². The molecule has 0 radical (unpaired) electrons. The highest BCUT2D eigenvalue weighted by molar-refractivity contribution is 7.09. The summed E-state index contributed by atoms with van der Waals surface area (Å²) in [6, 6.07) is 0. The Morgan fingerprint density at radius 3 is 2.67 bits per heavy atom. The van der Waals surface area contributed by atoms with E-state index in [1.807, 2.05) is 6.92 Å². The fourth-order valence-corrected chi connectivity index (χ4v) is 3.68. The van der Waals surface area contributed by atoms with Crippen LogP contribution in [0.5, 0.6) is 0 Å². The van der Waals surface area contributed by atoms with Crippen molar-refractivity contribution in [1.29, 1.82) is 0 Å². The topological polar surface area (TPSA) is 52.6 Å². The molecule has 1 saturated heterocycles. The molecule has 1 aliphatic heterocycles. The Morgan fingerprint density at radius 1 is 1.30 bits per heavy atom. The Labute approximate surface area is 163 Å². The number of rotatable bonds is 8. The van der Waals surface area contributed by atoms with E-state index >= 15 is 0 Å². The van der Waals surface area contributed by atoms with Crippen LogP contribution in [0.15, 0.2) is 10.4 Å². The van der Waals surface area contributed by atoms with Crippen molar-refractivity contribution in [3.8, 4) is 0 Å². The minimum Gasteiger partial charge on any atom is -0.357 e. The quantitative estimate of drug-likeness (QED) is 0.393. The average Bonchev–Trinajstić information content (AvgIpc) is 3.10. The number of aromatic nitrogens is 1. The number of hydrogen-bond acceptors (Lipinski definition) is 4. The highest BCUT2D eigenvalue weighted by atomic mass is 32.1. The van der Waals surface area contributed by atoms with Crippen molar-refractivity contribution in [2.45, 2.75) is 52.3 Å². The fourth-order valence-electron chi connectivity index (χ4n) is 2.96. The molecule has 27 heavy (non-hydrogen) atoms. The van der Waals surface area contributed by atoms with Gasteiger partial charge in [-0.3, -0.25) is 0 Å². The molecular formula is C18H30F3N5S. The van der Waals surface area contributed by atoms with Crippen LogP contribution in [-0.2, 0) is 12.7 Å². The molecule has 154 valence electrons. The number of piperidine rings is 1. The summed E-state index contributed by atoms with van der Waals surface area (Å²) in [5.74, 6) is 1.47. The predicted octanol–water partition coefficient (Wildman–Crippen LogP) is 3.73. The summed E-state index contributed by atoms with van der Waals surface area (Å²) < 4.78 is 37.8. The van der Waals surface area contributed by atoms with Gasteiger partial charge in [0.05, 0.1) is 6.54 Å². The van der Waals surface area contributed by atoms with Gasteiger partial charge in [-0.1, -0.05) is 6.92 Å². The summed E-state index contributed by atoms with van der Waals surface area (Å²) >= 11 is 0.985. The van der Waals surface area contributed by atoms with Crippen LogP contribution < -0.4 is 10.6 Å². The molecule has 0 unspecified atom stereocenters. The van der Waals surface area contributed by atoms with Crippen LogP contribution in [0.4, 0.5) is 13.2 Å². The highest BCUT2D eigenvalue weighted by Gasteiger charge is 2.33. The Hall–Kier alpha value is -1.35. The molecule has 0 aromatic carbocycles. The van der Waals surface area contributed by atoms with Gasteiger partial charge in [0.15, 0.2) is 11.7 Å². The second-order valence-electron chi connectivity index (χ2n) is 6.98. The predicted molar refractivity (Wildman–Crippen MR) is 104 cm³/mol.